The Hall–Kier alpha value is -2.60. The molecule has 6 nitrogen and oxygen atoms in total. The molecule has 0 spiro atoms. The lowest BCUT2D eigenvalue weighted by Crippen LogP contribution is -2.29. The number of hydrogen-bond donors (Lipinski definition) is 2. The Balaban J connectivity index is 2.11. The van der Waals surface area contributed by atoms with Crippen LogP contribution < -0.4 is 5.32 Å². The Kier molecular flexibility index (Phi) is 5.54. The Bertz CT molecular complexity index is 675. The molecule has 0 aliphatic carbocycles. The molecule has 0 aliphatic heterocycles. The van der Waals surface area contributed by atoms with Gasteiger partial charge in [0, 0.05) is 19.3 Å². The average molecular weight is 317 g/mol. The quantitative estimate of drug-likeness (QED) is 0.819. The van der Waals surface area contributed by atoms with Crippen LogP contribution in [0.4, 0.5) is 0 Å². The van der Waals surface area contributed by atoms with Crippen LogP contribution in [0.2, 0.25) is 0 Å². The highest BCUT2D eigenvalue weighted by Gasteiger charge is 2.19. The van der Waals surface area contributed by atoms with Gasteiger partial charge in [-0.3, -0.25) is 4.79 Å². The van der Waals surface area contributed by atoms with Crippen molar-refractivity contribution < 1.29 is 23.8 Å². The van der Waals surface area contributed by atoms with Gasteiger partial charge in [-0.05, 0) is 49.7 Å². The predicted octanol–water partition coefficient (Wildman–Crippen LogP) is 2.79. The van der Waals surface area contributed by atoms with Crippen LogP contribution in [-0.4, -0.2) is 30.7 Å². The first kappa shape index (κ1) is 16.8. The van der Waals surface area contributed by atoms with Crippen molar-refractivity contribution in [3.8, 4) is 0 Å². The van der Waals surface area contributed by atoms with E-state index >= 15 is 0 Å². The molecule has 0 saturated carbocycles. The van der Waals surface area contributed by atoms with Crippen LogP contribution in [0.3, 0.4) is 0 Å². The number of rotatable bonds is 7. The van der Waals surface area contributed by atoms with E-state index < -0.39 is 5.97 Å². The predicted molar refractivity (Wildman–Crippen MR) is 83.5 cm³/mol. The molecule has 0 aliphatic rings. The van der Waals surface area contributed by atoms with E-state index in [2.05, 4.69) is 5.32 Å². The topological polar surface area (TPSA) is 88.8 Å². The standard InChI is InChI=1S/C17H19NO5/c1-11-3-8-15(23-11)14(9-10-22-2)18-16(19)12-4-6-13(7-5-12)17(20)21/h3-8,14H,9-10H2,1-2H3,(H,18,19)(H,20,21). The second-order valence-corrected chi connectivity index (χ2v) is 5.14. The molecule has 23 heavy (non-hydrogen) atoms. The van der Waals surface area contributed by atoms with E-state index in [0.717, 1.165) is 5.76 Å². The second-order valence-electron chi connectivity index (χ2n) is 5.14. The third kappa shape index (κ3) is 4.43. The van der Waals surface area contributed by atoms with E-state index in [1.165, 1.54) is 24.3 Å². The Labute approximate surface area is 134 Å². The molecule has 2 aromatic rings. The zero-order valence-corrected chi connectivity index (χ0v) is 13.0. The van der Waals surface area contributed by atoms with Crippen LogP contribution in [0.5, 0.6) is 0 Å². The summed E-state index contributed by atoms with van der Waals surface area (Å²) < 4.78 is 10.7. The van der Waals surface area contributed by atoms with Crippen molar-refractivity contribution in [1.82, 2.24) is 5.32 Å². The lowest BCUT2D eigenvalue weighted by atomic mass is 10.1. The summed E-state index contributed by atoms with van der Waals surface area (Å²) >= 11 is 0. The molecular formula is C17H19NO5. The molecule has 0 saturated heterocycles. The molecule has 0 bridgehead atoms. The van der Waals surface area contributed by atoms with Crippen molar-refractivity contribution in [3.63, 3.8) is 0 Å². The number of carbonyl (C=O) groups is 2. The van der Waals surface area contributed by atoms with Gasteiger partial charge in [0.25, 0.3) is 5.91 Å². The number of amides is 1. The fraction of sp³-hybridized carbons (Fsp3) is 0.294. The van der Waals surface area contributed by atoms with Gasteiger partial charge < -0.3 is 19.6 Å². The SMILES string of the molecule is COCCC(NC(=O)c1ccc(C(=O)O)cc1)c1ccc(C)o1. The highest BCUT2D eigenvalue weighted by molar-refractivity contribution is 5.96. The van der Waals surface area contributed by atoms with E-state index in [1.807, 2.05) is 19.1 Å². The molecule has 2 rings (SSSR count). The maximum atomic E-state index is 12.3. The molecule has 1 amide bonds. The second kappa shape index (κ2) is 7.60. The van der Waals surface area contributed by atoms with E-state index in [0.29, 0.717) is 24.4 Å². The zero-order valence-electron chi connectivity index (χ0n) is 13.0. The van der Waals surface area contributed by atoms with Crippen molar-refractivity contribution in [2.24, 2.45) is 0 Å². The average Bonchev–Trinajstić information content (AvgIpc) is 2.97. The number of ether oxygens (including phenoxy) is 1. The van der Waals surface area contributed by atoms with Crippen LogP contribution in [-0.2, 0) is 4.74 Å². The highest BCUT2D eigenvalue weighted by Crippen LogP contribution is 2.20. The van der Waals surface area contributed by atoms with Crippen LogP contribution in [0.25, 0.3) is 0 Å². The lowest BCUT2D eigenvalue weighted by molar-refractivity contribution is 0.0696. The monoisotopic (exact) mass is 317 g/mol. The van der Waals surface area contributed by atoms with Crippen molar-refractivity contribution in [1.29, 1.82) is 0 Å². The molecule has 1 aromatic carbocycles. The zero-order chi connectivity index (χ0) is 16.8. The fourth-order valence-electron chi connectivity index (χ4n) is 2.17. The van der Waals surface area contributed by atoms with Crippen molar-refractivity contribution >= 4 is 11.9 Å². The van der Waals surface area contributed by atoms with Crippen molar-refractivity contribution in [3.05, 3.63) is 59.0 Å². The highest BCUT2D eigenvalue weighted by atomic mass is 16.5. The minimum absolute atomic E-state index is 0.138. The molecule has 1 atom stereocenters. The summed E-state index contributed by atoms with van der Waals surface area (Å²) in [6.07, 6.45) is 0.572. The third-order valence-corrected chi connectivity index (χ3v) is 3.41. The van der Waals surface area contributed by atoms with Gasteiger partial charge in [-0.15, -0.1) is 0 Å². The first-order valence-corrected chi connectivity index (χ1v) is 7.20. The maximum absolute atomic E-state index is 12.3. The number of methoxy groups -OCH3 is 1. The van der Waals surface area contributed by atoms with Crippen LogP contribution in [0, 0.1) is 6.92 Å². The normalized spacial score (nSPS) is 11.9. The van der Waals surface area contributed by atoms with Gasteiger partial charge in [-0.2, -0.15) is 0 Å². The van der Waals surface area contributed by atoms with Crippen LogP contribution in [0.15, 0.2) is 40.8 Å². The van der Waals surface area contributed by atoms with Gasteiger partial charge in [0.1, 0.15) is 11.5 Å². The van der Waals surface area contributed by atoms with Gasteiger partial charge in [-0.1, -0.05) is 0 Å². The van der Waals surface area contributed by atoms with Gasteiger partial charge in [-0.25, -0.2) is 4.79 Å². The Morgan fingerprint density at radius 3 is 2.35 bits per heavy atom. The Morgan fingerprint density at radius 1 is 1.17 bits per heavy atom. The molecule has 6 heteroatoms. The number of furan rings is 1. The summed E-state index contributed by atoms with van der Waals surface area (Å²) in [6.45, 7) is 2.31. The number of carboxylic acids is 1. The number of nitrogens with one attached hydrogen (secondary N) is 1. The lowest BCUT2D eigenvalue weighted by Gasteiger charge is -2.16. The van der Waals surface area contributed by atoms with E-state index in [-0.39, 0.29) is 17.5 Å². The van der Waals surface area contributed by atoms with Crippen molar-refractivity contribution in [2.75, 3.05) is 13.7 Å². The molecule has 1 aromatic heterocycles. The minimum Gasteiger partial charge on any atom is -0.478 e. The number of hydrogen-bond acceptors (Lipinski definition) is 4. The number of benzene rings is 1. The Morgan fingerprint density at radius 2 is 1.83 bits per heavy atom. The molecule has 122 valence electrons. The summed E-state index contributed by atoms with van der Waals surface area (Å²) in [6, 6.07) is 9.12. The molecular weight excluding hydrogens is 298 g/mol. The van der Waals surface area contributed by atoms with Crippen molar-refractivity contribution in [2.45, 2.75) is 19.4 Å². The number of aromatic carboxylic acids is 1. The minimum atomic E-state index is -1.03. The van der Waals surface area contributed by atoms with E-state index in [1.54, 1.807) is 7.11 Å². The summed E-state index contributed by atoms with van der Waals surface area (Å²) in [5.41, 5.74) is 0.528. The molecule has 0 radical (unpaired) electrons. The third-order valence-electron chi connectivity index (χ3n) is 3.41. The number of aryl methyl sites for hydroxylation is 1. The van der Waals surface area contributed by atoms with Crippen LogP contribution >= 0.6 is 0 Å². The van der Waals surface area contributed by atoms with Gasteiger partial charge in [0.05, 0.1) is 11.6 Å². The largest absolute Gasteiger partial charge is 0.478 e. The van der Waals surface area contributed by atoms with E-state index in [9.17, 15) is 9.59 Å². The summed E-state index contributed by atoms with van der Waals surface area (Å²) in [4.78, 5) is 23.2. The summed E-state index contributed by atoms with van der Waals surface area (Å²) in [5, 5.41) is 11.8. The molecule has 1 heterocycles. The molecule has 2 N–H and O–H groups in total. The summed E-state index contributed by atoms with van der Waals surface area (Å²) in [7, 11) is 1.59. The first-order chi connectivity index (χ1) is 11.0. The summed E-state index contributed by atoms with van der Waals surface area (Å²) in [5.74, 6) is 0.107. The first-order valence-electron chi connectivity index (χ1n) is 7.20. The van der Waals surface area contributed by atoms with E-state index in [4.69, 9.17) is 14.3 Å². The number of carboxylic acid groups (broad SMARTS) is 1. The van der Waals surface area contributed by atoms with Gasteiger partial charge >= 0.3 is 5.97 Å². The molecule has 0 fully saturated rings. The van der Waals surface area contributed by atoms with Gasteiger partial charge in [0.2, 0.25) is 0 Å². The fourth-order valence-corrected chi connectivity index (χ4v) is 2.17. The smallest absolute Gasteiger partial charge is 0.335 e. The maximum Gasteiger partial charge on any atom is 0.335 e. The van der Waals surface area contributed by atoms with Crippen LogP contribution in [0.1, 0.15) is 44.7 Å². The van der Waals surface area contributed by atoms with Gasteiger partial charge in [0.15, 0.2) is 0 Å². The molecule has 1 unspecified atom stereocenters. The number of carbonyl (C=O) groups excluding carboxylic acids is 1.